The number of methoxy groups -OCH3 is 2. The van der Waals surface area contributed by atoms with Gasteiger partial charge in [0.2, 0.25) is 0 Å². The predicted molar refractivity (Wildman–Crippen MR) is 62.1 cm³/mol. The summed E-state index contributed by atoms with van der Waals surface area (Å²) in [7, 11) is 3.58. The summed E-state index contributed by atoms with van der Waals surface area (Å²) in [6, 6.07) is 0.882. The van der Waals surface area contributed by atoms with Gasteiger partial charge in [-0.25, -0.2) is 0 Å². The Morgan fingerprint density at radius 1 is 1.13 bits per heavy atom. The van der Waals surface area contributed by atoms with Gasteiger partial charge in [-0.05, 0) is 26.7 Å². The summed E-state index contributed by atoms with van der Waals surface area (Å²) >= 11 is 0. The molecule has 0 amide bonds. The zero-order valence-electron chi connectivity index (χ0n) is 10.5. The van der Waals surface area contributed by atoms with Crippen molar-refractivity contribution in [2.45, 2.75) is 63.8 Å². The second-order valence-electron chi connectivity index (χ2n) is 4.56. The lowest BCUT2D eigenvalue weighted by Gasteiger charge is -2.34. The summed E-state index contributed by atoms with van der Waals surface area (Å²) in [4.78, 5) is 0. The van der Waals surface area contributed by atoms with Crippen molar-refractivity contribution in [3.05, 3.63) is 0 Å². The van der Waals surface area contributed by atoms with Crippen molar-refractivity contribution in [2.24, 2.45) is 0 Å². The average Bonchev–Trinajstić information content (AvgIpc) is 2.28. The Labute approximate surface area is 93.5 Å². The summed E-state index contributed by atoms with van der Waals surface area (Å²) in [5, 5.41) is 3.62. The molecule has 1 fully saturated rings. The Morgan fingerprint density at radius 2 is 1.80 bits per heavy atom. The van der Waals surface area contributed by atoms with Crippen LogP contribution in [0.25, 0.3) is 0 Å². The molecule has 15 heavy (non-hydrogen) atoms. The van der Waals surface area contributed by atoms with Crippen molar-refractivity contribution in [3.63, 3.8) is 0 Å². The normalized spacial score (nSPS) is 31.2. The van der Waals surface area contributed by atoms with E-state index in [1.807, 2.05) is 7.11 Å². The zero-order valence-corrected chi connectivity index (χ0v) is 10.5. The fourth-order valence-corrected chi connectivity index (χ4v) is 2.25. The molecule has 0 radical (unpaired) electrons. The van der Waals surface area contributed by atoms with Crippen LogP contribution in [0, 0.1) is 0 Å². The van der Waals surface area contributed by atoms with Crippen molar-refractivity contribution < 1.29 is 9.47 Å². The molecule has 1 aliphatic carbocycles. The van der Waals surface area contributed by atoms with Crippen molar-refractivity contribution in [1.29, 1.82) is 0 Å². The monoisotopic (exact) mass is 215 g/mol. The highest BCUT2D eigenvalue weighted by atomic mass is 16.5. The van der Waals surface area contributed by atoms with E-state index in [2.05, 4.69) is 19.2 Å². The van der Waals surface area contributed by atoms with Crippen LogP contribution >= 0.6 is 0 Å². The molecule has 4 atom stereocenters. The first-order chi connectivity index (χ1) is 7.19. The van der Waals surface area contributed by atoms with Crippen LogP contribution in [0.5, 0.6) is 0 Å². The van der Waals surface area contributed by atoms with Gasteiger partial charge in [0.25, 0.3) is 0 Å². The lowest BCUT2D eigenvalue weighted by molar-refractivity contribution is 0.0227. The summed E-state index contributed by atoms with van der Waals surface area (Å²) in [5.41, 5.74) is 0. The molecule has 3 heteroatoms. The Morgan fingerprint density at radius 3 is 2.40 bits per heavy atom. The van der Waals surface area contributed by atoms with E-state index >= 15 is 0 Å². The van der Waals surface area contributed by atoms with Gasteiger partial charge in [-0.3, -0.25) is 0 Å². The van der Waals surface area contributed by atoms with Gasteiger partial charge in [0.05, 0.1) is 12.2 Å². The third kappa shape index (κ3) is 3.74. The molecule has 0 aromatic carbocycles. The Hall–Kier alpha value is -0.120. The van der Waals surface area contributed by atoms with Crippen molar-refractivity contribution in [3.8, 4) is 0 Å². The Balaban J connectivity index is 2.40. The average molecular weight is 215 g/mol. The molecular weight excluding hydrogens is 190 g/mol. The van der Waals surface area contributed by atoms with Crippen molar-refractivity contribution in [1.82, 2.24) is 5.32 Å². The number of ether oxygens (including phenoxy) is 2. The summed E-state index contributed by atoms with van der Waals surface area (Å²) in [6.07, 6.45) is 5.65. The summed E-state index contributed by atoms with van der Waals surface area (Å²) in [6.45, 7) is 4.28. The number of hydrogen-bond donors (Lipinski definition) is 1. The van der Waals surface area contributed by atoms with Gasteiger partial charge in [0.15, 0.2) is 0 Å². The first-order valence-electron chi connectivity index (χ1n) is 6.00. The standard InChI is InChI=1S/C12H25NO2/c1-9(10(2)14-3)13-11-7-5-6-8-12(11)15-4/h9-13H,5-8H2,1-4H3. The lowest BCUT2D eigenvalue weighted by Crippen LogP contribution is -2.50. The van der Waals surface area contributed by atoms with Crippen molar-refractivity contribution >= 4 is 0 Å². The molecule has 1 saturated carbocycles. The lowest BCUT2D eigenvalue weighted by atomic mass is 9.91. The summed E-state index contributed by atoms with van der Waals surface area (Å²) in [5.74, 6) is 0. The molecule has 1 N–H and O–H groups in total. The van der Waals surface area contributed by atoms with Gasteiger partial charge in [-0.1, -0.05) is 12.8 Å². The quantitative estimate of drug-likeness (QED) is 0.760. The van der Waals surface area contributed by atoms with Gasteiger partial charge in [0, 0.05) is 26.3 Å². The molecular formula is C12H25NO2. The molecule has 0 aromatic rings. The molecule has 4 unspecified atom stereocenters. The van der Waals surface area contributed by atoms with Crippen LogP contribution in [-0.4, -0.2) is 38.5 Å². The van der Waals surface area contributed by atoms with Crippen LogP contribution in [-0.2, 0) is 9.47 Å². The molecule has 3 nitrogen and oxygen atoms in total. The van der Waals surface area contributed by atoms with Gasteiger partial charge < -0.3 is 14.8 Å². The largest absolute Gasteiger partial charge is 0.380 e. The smallest absolute Gasteiger partial charge is 0.0724 e. The molecule has 0 aliphatic heterocycles. The van der Waals surface area contributed by atoms with Crippen LogP contribution < -0.4 is 5.32 Å². The topological polar surface area (TPSA) is 30.5 Å². The molecule has 1 rings (SSSR count). The molecule has 0 spiro atoms. The van der Waals surface area contributed by atoms with E-state index in [-0.39, 0.29) is 6.10 Å². The Bertz CT molecular complexity index is 175. The minimum atomic E-state index is 0.254. The van der Waals surface area contributed by atoms with E-state index in [0.717, 1.165) is 0 Å². The molecule has 0 aromatic heterocycles. The highest BCUT2D eigenvalue weighted by molar-refractivity contribution is 4.84. The van der Waals surface area contributed by atoms with Gasteiger partial charge in [-0.2, -0.15) is 0 Å². The third-order valence-electron chi connectivity index (χ3n) is 3.56. The first-order valence-corrected chi connectivity index (χ1v) is 6.00. The second kappa shape index (κ2) is 6.46. The summed E-state index contributed by atoms with van der Waals surface area (Å²) < 4.78 is 10.8. The fourth-order valence-electron chi connectivity index (χ4n) is 2.25. The fraction of sp³-hybridized carbons (Fsp3) is 1.00. The minimum Gasteiger partial charge on any atom is -0.380 e. The van der Waals surface area contributed by atoms with E-state index < -0.39 is 0 Å². The van der Waals surface area contributed by atoms with E-state index in [4.69, 9.17) is 9.47 Å². The van der Waals surface area contributed by atoms with Gasteiger partial charge >= 0.3 is 0 Å². The highest BCUT2D eigenvalue weighted by Gasteiger charge is 2.27. The van der Waals surface area contributed by atoms with Crippen LogP contribution in [0.4, 0.5) is 0 Å². The van der Waals surface area contributed by atoms with Gasteiger partial charge in [-0.15, -0.1) is 0 Å². The minimum absolute atomic E-state index is 0.254. The maximum absolute atomic E-state index is 5.51. The van der Waals surface area contributed by atoms with E-state index in [0.29, 0.717) is 18.2 Å². The van der Waals surface area contributed by atoms with E-state index in [9.17, 15) is 0 Å². The SMILES string of the molecule is COC(C)C(C)NC1CCCCC1OC. The first kappa shape index (κ1) is 12.9. The second-order valence-corrected chi connectivity index (χ2v) is 4.56. The Kier molecular flexibility index (Phi) is 5.58. The molecule has 0 bridgehead atoms. The van der Waals surface area contributed by atoms with E-state index in [1.165, 1.54) is 25.7 Å². The molecule has 1 aliphatic rings. The van der Waals surface area contributed by atoms with Crippen LogP contribution in [0.2, 0.25) is 0 Å². The molecule has 0 saturated heterocycles. The van der Waals surface area contributed by atoms with Crippen LogP contribution in [0.15, 0.2) is 0 Å². The number of hydrogen-bond acceptors (Lipinski definition) is 3. The number of nitrogens with one attached hydrogen (secondary N) is 1. The van der Waals surface area contributed by atoms with Gasteiger partial charge in [0.1, 0.15) is 0 Å². The van der Waals surface area contributed by atoms with Crippen LogP contribution in [0.3, 0.4) is 0 Å². The maximum Gasteiger partial charge on any atom is 0.0724 e. The third-order valence-corrected chi connectivity index (χ3v) is 3.56. The van der Waals surface area contributed by atoms with E-state index in [1.54, 1.807) is 7.11 Å². The van der Waals surface area contributed by atoms with Crippen LogP contribution in [0.1, 0.15) is 39.5 Å². The highest BCUT2D eigenvalue weighted by Crippen LogP contribution is 2.21. The van der Waals surface area contributed by atoms with Crippen molar-refractivity contribution in [2.75, 3.05) is 14.2 Å². The maximum atomic E-state index is 5.51. The number of rotatable bonds is 5. The molecule has 90 valence electrons. The molecule has 0 heterocycles. The predicted octanol–water partition coefficient (Wildman–Crippen LogP) is 1.96. The zero-order chi connectivity index (χ0) is 11.3.